The van der Waals surface area contributed by atoms with Crippen LogP contribution < -0.4 is 10.5 Å². The first-order valence-electron chi connectivity index (χ1n) is 5.99. The molecule has 0 fully saturated rings. The number of para-hydroxylation sites is 1. The number of anilines is 1. The Hall–Kier alpha value is -2.45. The number of hydrogen-bond acceptors (Lipinski definition) is 5. The smallest absolute Gasteiger partial charge is 0.289 e. The Balaban J connectivity index is 2.41. The van der Waals surface area contributed by atoms with E-state index in [0.717, 1.165) is 11.6 Å². The quantitative estimate of drug-likeness (QED) is 0.646. The number of hydrogen-bond donors (Lipinski definition) is 2. The topological polar surface area (TPSA) is 115 Å². The van der Waals surface area contributed by atoms with Gasteiger partial charge in [0.2, 0.25) is 0 Å². The first-order valence-corrected chi connectivity index (χ1v) is 7.47. The van der Waals surface area contributed by atoms with Crippen LogP contribution in [0.1, 0.15) is 5.56 Å². The molecule has 7 nitrogen and oxygen atoms in total. The van der Waals surface area contributed by atoms with E-state index in [9.17, 15) is 18.5 Å². The van der Waals surface area contributed by atoms with Crippen molar-refractivity contribution in [2.45, 2.75) is 11.4 Å². The second kappa shape index (κ2) is 5.90. The van der Waals surface area contributed by atoms with Crippen LogP contribution in [0.15, 0.2) is 53.4 Å². The average Bonchev–Trinajstić information content (AvgIpc) is 2.47. The second-order valence-corrected chi connectivity index (χ2v) is 5.89. The molecule has 0 heterocycles. The molecule has 2 rings (SSSR count). The predicted molar refractivity (Wildman–Crippen MR) is 78.2 cm³/mol. The SMILES string of the molecule is NCc1cccc(NS(=O)(=O)c2ccccc2[N+](=O)[O-])c1. The van der Waals surface area contributed by atoms with Gasteiger partial charge >= 0.3 is 0 Å². The van der Waals surface area contributed by atoms with E-state index in [1.165, 1.54) is 18.2 Å². The van der Waals surface area contributed by atoms with Gasteiger partial charge in [-0.1, -0.05) is 24.3 Å². The van der Waals surface area contributed by atoms with Crippen LogP contribution in [0, 0.1) is 10.1 Å². The lowest BCUT2D eigenvalue weighted by Crippen LogP contribution is -2.15. The summed E-state index contributed by atoms with van der Waals surface area (Å²) in [5, 5.41) is 10.9. The Morgan fingerprint density at radius 3 is 2.52 bits per heavy atom. The van der Waals surface area contributed by atoms with Crippen molar-refractivity contribution in [1.29, 1.82) is 0 Å². The Kier molecular flexibility index (Phi) is 4.20. The lowest BCUT2D eigenvalue weighted by Gasteiger charge is -2.09. The van der Waals surface area contributed by atoms with Gasteiger partial charge in [0.1, 0.15) is 0 Å². The molecule has 0 amide bonds. The zero-order valence-corrected chi connectivity index (χ0v) is 11.7. The molecule has 0 aliphatic rings. The molecule has 110 valence electrons. The van der Waals surface area contributed by atoms with E-state index in [2.05, 4.69) is 4.72 Å². The van der Waals surface area contributed by atoms with Gasteiger partial charge in [-0.25, -0.2) is 8.42 Å². The molecule has 0 spiro atoms. The molecule has 0 aromatic heterocycles. The number of nitro groups is 1. The Morgan fingerprint density at radius 1 is 1.14 bits per heavy atom. The molecule has 0 aliphatic heterocycles. The van der Waals surface area contributed by atoms with Gasteiger partial charge in [-0.15, -0.1) is 0 Å². The third kappa shape index (κ3) is 3.36. The van der Waals surface area contributed by atoms with E-state index < -0.39 is 20.6 Å². The van der Waals surface area contributed by atoms with Crippen LogP contribution in [0.25, 0.3) is 0 Å². The minimum Gasteiger partial charge on any atom is -0.326 e. The first-order chi connectivity index (χ1) is 9.94. The fourth-order valence-electron chi connectivity index (χ4n) is 1.81. The summed E-state index contributed by atoms with van der Waals surface area (Å²) in [6, 6.07) is 11.7. The van der Waals surface area contributed by atoms with E-state index in [0.29, 0.717) is 5.69 Å². The van der Waals surface area contributed by atoms with Crippen LogP contribution in [0.3, 0.4) is 0 Å². The molecule has 2 aromatic rings. The standard InChI is InChI=1S/C13H13N3O4S/c14-9-10-4-3-5-11(8-10)15-21(19,20)13-7-2-1-6-12(13)16(17)18/h1-8,15H,9,14H2. The number of benzene rings is 2. The highest BCUT2D eigenvalue weighted by atomic mass is 32.2. The molecule has 8 heteroatoms. The summed E-state index contributed by atoms with van der Waals surface area (Å²) in [6.07, 6.45) is 0. The molecule has 3 N–H and O–H groups in total. The zero-order valence-electron chi connectivity index (χ0n) is 10.9. The molecule has 2 aromatic carbocycles. The number of sulfonamides is 1. The summed E-state index contributed by atoms with van der Waals surface area (Å²) < 4.78 is 26.9. The maximum Gasteiger partial charge on any atom is 0.289 e. The van der Waals surface area contributed by atoms with Crippen LogP contribution >= 0.6 is 0 Å². The van der Waals surface area contributed by atoms with Gasteiger partial charge < -0.3 is 5.73 Å². The number of nitrogens with one attached hydrogen (secondary N) is 1. The lowest BCUT2D eigenvalue weighted by molar-refractivity contribution is -0.387. The molecule has 0 radical (unpaired) electrons. The Bertz CT molecular complexity index is 774. The van der Waals surface area contributed by atoms with Crippen molar-refractivity contribution in [2.75, 3.05) is 4.72 Å². The van der Waals surface area contributed by atoms with E-state index >= 15 is 0 Å². The summed E-state index contributed by atoms with van der Waals surface area (Å²) in [5.41, 5.74) is 6.07. The minimum absolute atomic E-state index is 0.265. The van der Waals surface area contributed by atoms with Gasteiger partial charge in [0.25, 0.3) is 15.7 Å². The summed E-state index contributed by atoms with van der Waals surface area (Å²) in [4.78, 5) is 9.81. The van der Waals surface area contributed by atoms with E-state index in [1.54, 1.807) is 24.3 Å². The largest absolute Gasteiger partial charge is 0.326 e. The average molecular weight is 307 g/mol. The fraction of sp³-hybridized carbons (Fsp3) is 0.0769. The number of nitro benzene ring substituents is 1. The summed E-state index contributed by atoms with van der Waals surface area (Å²) >= 11 is 0. The van der Waals surface area contributed by atoms with Crippen LogP contribution in [0.5, 0.6) is 0 Å². The van der Waals surface area contributed by atoms with Gasteiger partial charge in [-0.2, -0.15) is 0 Å². The third-order valence-corrected chi connectivity index (χ3v) is 4.20. The van der Waals surface area contributed by atoms with Crippen molar-refractivity contribution in [3.63, 3.8) is 0 Å². The molecule has 0 aliphatic carbocycles. The first kappa shape index (κ1) is 14.9. The van der Waals surface area contributed by atoms with Crippen molar-refractivity contribution in [3.05, 3.63) is 64.2 Å². The molecular formula is C13H13N3O4S. The van der Waals surface area contributed by atoms with Crippen molar-refractivity contribution >= 4 is 21.4 Å². The predicted octanol–water partition coefficient (Wildman–Crippen LogP) is 1.85. The summed E-state index contributed by atoms with van der Waals surface area (Å²) in [5.74, 6) is 0. The van der Waals surface area contributed by atoms with Crippen molar-refractivity contribution in [3.8, 4) is 0 Å². The Labute approximate surface area is 121 Å². The molecule has 0 atom stereocenters. The molecule has 0 bridgehead atoms. The van der Waals surface area contributed by atoms with Crippen LogP contribution in [-0.2, 0) is 16.6 Å². The molecule has 21 heavy (non-hydrogen) atoms. The van der Waals surface area contributed by atoms with Gasteiger partial charge in [-0.05, 0) is 23.8 Å². The number of nitrogens with two attached hydrogens (primary N) is 1. The van der Waals surface area contributed by atoms with Crippen molar-refractivity contribution < 1.29 is 13.3 Å². The van der Waals surface area contributed by atoms with Crippen molar-refractivity contribution in [1.82, 2.24) is 0 Å². The van der Waals surface area contributed by atoms with Crippen molar-refractivity contribution in [2.24, 2.45) is 5.73 Å². The van der Waals surface area contributed by atoms with Crippen LogP contribution in [0.4, 0.5) is 11.4 Å². The van der Waals surface area contributed by atoms with Crippen LogP contribution in [-0.4, -0.2) is 13.3 Å². The van der Waals surface area contributed by atoms with E-state index in [-0.39, 0.29) is 11.4 Å². The number of nitrogens with zero attached hydrogens (tertiary/aromatic N) is 1. The fourth-order valence-corrected chi connectivity index (χ4v) is 3.03. The Morgan fingerprint density at radius 2 is 1.86 bits per heavy atom. The lowest BCUT2D eigenvalue weighted by atomic mass is 10.2. The summed E-state index contributed by atoms with van der Waals surface area (Å²) in [7, 11) is -4.05. The van der Waals surface area contributed by atoms with Gasteiger partial charge in [0.05, 0.1) is 4.92 Å². The summed E-state index contributed by atoms with van der Waals surface area (Å²) in [6.45, 7) is 0.265. The molecule has 0 saturated carbocycles. The van der Waals surface area contributed by atoms with Crippen LogP contribution in [0.2, 0.25) is 0 Å². The van der Waals surface area contributed by atoms with Gasteiger partial charge in [0, 0.05) is 18.3 Å². The minimum atomic E-state index is -4.05. The van der Waals surface area contributed by atoms with Gasteiger partial charge in [-0.3, -0.25) is 14.8 Å². The van der Waals surface area contributed by atoms with Gasteiger partial charge in [0.15, 0.2) is 4.90 Å². The maximum atomic E-state index is 12.3. The van der Waals surface area contributed by atoms with E-state index in [4.69, 9.17) is 5.73 Å². The third-order valence-electron chi connectivity index (χ3n) is 2.77. The second-order valence-electron chi connectivity index (χ2n) is 4.23. The molecule has 0 unspecified atom stereocenters. The highest BCUT2D eigenvalue weighted by Gasteiger charge is 2.25. The monoisotopic (exact) mass is 307 g/mol. The number of rotatable bonds is 5. The highest BCUT2D eigenvalue weighted by Crippen LogP contribution is 2.25. The maximum absolute atomic E-state index is 12.3. The zero-order chi connectivity index (χ0) is 15.5. The highest BCUT2D eigenvalue weighted by molar-refractivity contribution is 7.92. The molecular weight excluding hydrogens is 294 g/mol. The van der Waals surface area contributed by atoms with E-state index in [1.807, 2.05) is 0 Å². The normalized spacial score (nSPS) is 11.1. The molecule has 0 saturated heterocycles.